The second-order valence-electron chi connectivity index (χ2n) is 7.07. The zero-order chi connectivity index (χ0) is 12.8. The van der Waals surface area contributed by atoms with Crippen molar-refractivity contribution < 1.29 is 0 Å². The van der Waals surface area contributed by atoms with Crippen LogP contribution in [0.15, 0.2) is 0 Å². The molecule has 0 radical (unpaired) electrons. The molecule has 1 aliphatic carbocycles. The Morgan fingerprint density at radius 3 is 2.28 bits per heavy atom. The highest BCUT2D eigenvalue weighted by Gasteiger charge is 2.34. The normalized spacial score (nSPS) is 24.8. The summed E-state index contributed by atoms with van der Waals surface area (Å²) in [5.41, 5.74) is 0.595. The first-order valence-electron chi connectivity index (χ1n) is 8.13. The van der Waals surface area contributed by atoms with E-state index in [2.05, 4.69) is 24.1 Å². The van der Waals surface area contributed by atoms with Gasteiger partial charge >= 0.3 is 0 Å². The Morgan fingerprint density at radius 1 is 1.00 bits per heavy atom. The van der Waals surface area contributed by atoms with Gasteiger partial charge in [-0.05, 0) is 56.7 Å². The topological polar surface area (TPSA) is 15.3 Å². The first kappa shape index (κ1) is 14.3. The molecule has 0 amide bonds. The van der Waals surface area contributed by atoms with Crippen molar-refractivity contribution in [3.63, 3.8) is 0 Å². The molecule has 0 aromatic carbocycles. The Kier molecular flexibility index (Phi) is 5.50. The van der Waals surface area contributed by atoms with Gasteiger partial charge in [0.15, 0.2) is 0 Å². The van der Waals surface area contributed by atoms with E-state index < -0.39 is 0 Å². The molecule has 1 aliphatic heterocycles. The molecule has 1 N–H and O–H groups in total. The van der Waals surface area contributed by atoms with E-state index in [4.69, 9.17) is 0 Å². The van der Waals surface area contributed by atoms with Gasteiger partial charge in [0.05, 0.1) is 0 Å². The molecule has 0 aromatic heterocycles. The fourth-order valence-electron chi connectivity index (χ4n) is 3.73. The highest BCUT2D eigenvalue weighted by molar-refractivity contribution is 4.89. The van der Waals surface area contributed by atoms with Gasteiger partial charge in [0, 0.05) is 13.1 Å². The van der Waals surface area contributed by atoms with E-state index in [1.807, 2.05) is 0 Å². The zero-order valence-corrected chi connectivity index (χ0v) is 12.5. The molecule has 0 atom stereocenters. The van der Waals surface area contributed by atoms with E-state index in [1.165, 1.54) is 77.7 Å². The van der Waals surface area contributed by atoms with Crippen molar-refractivity contribution in [2.75, 3.05) is 32.7 Å². The average Bonchev–Trinajstić information content (AvgIpc) is 2.82. The summed E-state index contributed by atoms with van der Waals surface area (Å²) in [6.45, 7) is 11.1. The molecular formula is C16H32N2. The second-order valence-corrected chi connectivity index (χ2v) is 7.07. The maximum absolute atomic E-state index is 3.74. The lowest BCUT2D eigenvalue weighted by Crippen LogP contribution is -2.45. The van der Waals surface area contributed by atoms with Crippen LogP contribution < -0.4 is 5.32 Å². The van der Waals surface area contributed by atoms with Crippen LogP contribution in [0.25, 0.3) is 0 Å². The lowest BCUT2D eigenvalue weighted by atomic mass is 9.73. The molecule has 1 saturated heterocycles. The van der Waals surface area contributed by atoms with Crippen molar-refractivity contribution in [1.82, 2.24) is 10.2 Å². The maximum atomic E-state index is 3.74. The van der Waals surface area contributed by atoms with E-state index in [9.17, 15) is 0 Å². The van der Waals surface area contributed by atoms with Crippen LogP contribution in [-0.4, -0.2) is 37.6 Å². The fraction of sp³-hybridized carbons (Fsp3) is 1.00. The molecule has 106 valence electrons. The molecule has 2 aliphatic rings. The van der Waals surface area contributed by atoms with Crippen molar-refractivity contribution in [1.29, 1.82) is 0 Å². The third-order valence-electron chi connectivity index (χ3n) is 4.72. The summed E-state index contributed by atoms with van der Waals surface area (Å²) in [5, 5.41) is 3.74. The third kappa shape index (κ3) is 4.24. The molecule has 18 heavy (non-hydrogen) atoms. The van der Waals surface area contributed by atoms with Crippen LogP contribution in [0.1, 0.15) is 58.8 Å². The second kappa shape index (κ2) is 6.91. The van der Waals surface area contributed by atoms with Gasteiger partial charge in [0.2, 0.25) is 0 Å². The maximum Gasteiger partial charge on any atom is 0.00501 e. The third-order valence-corrected chi connectivity index (χ3v) is 4.72. The SMILES string of the molecule is CC(C)CNCC1(CN2CCCC2)CCCCC1. The first-order valence-corrected chi connectivity index (χ1v) is 8.13. The molecule has 0 bridgehead atoms. The van der Waals surface area contributed by atoms with Crippen molar-refractivity contribution in [2.45, 2.75) is 58.8 Å². The average molecular weight is 252 g/mol. The van der Waals surface area contributed by atoms with Crippen LogP contribution in [0.5, 0.6) is 0 Å². The van der Waals surface area contributed by atoms with Gasteiger partial charge in [-0.1, -0.05) is 33.1 Å². The van der Waals surface area contributed by atoms with Gasteiger partial charge in [-0.2, -0.15) is 0 Å². The van der Waals surface area contributed by atoms with Gasteiger partial charge in [0.25, 0.3) is 0 Å². The molecule has 2 fully saturated rings. The van der Waals surface area contributed by atoms with Crippen molar-refractivity contribution in [3.05, 3.63) is 0 Å². The quantitative estimate of drug-likeness (QED) is 0.780. The number of likely N-dealkylation sites (tertiary alicyclic amines) is 1. The van der Waals surface area contributed by atoms with Gasteiger partial charge in [-0.3, -0.25) is 0 Å². The van der Waals surface area contributed by atoms with Crippen LogP contribution in [0.2, 0.25) is 0 Å². The zero-order valence-electron chi connectivity index (χ0n) is 12.5. The van der Waals surface area contributed by atoms with E-state index in [-0.39, 0.29) is 0 Å². The van der Waals surface area contributed by atoms with E-state index >= 15 is 0 Å². The molecule has 0 spiro atoms. The molecule has 0 unspecified atom stereocenters. The number of rotatable bonds is 6. The Morgan fingerprint density at radius 2 is 1.67 bits per heavy atom. The Labute approximate surface area is 114 Å². The largest absolute Gasteiger partial charge is 0.316 e. The van der Waals surface area contributed by atoms with Gasteiger partial charge in [-0.15, -0.1) is 0 Å². The van der Waals surface area contributed by atoms with Crippen LogP contribution in [0.4, 0.5) is 0 Å². The predicted molar refractivity (Wildman–Crippen MR) is 78.9 cm³/mol. The summed E-state index contributed by atoms with van der Waals surface area (Å²) in [6, 6.07) is 0. The first-order chi connectivity index (χ1) is 8.70. The van der Waals surface area contributed by atoms with Crippen molar-refractivity contribution in [3.8, 4) is 0 Å². The van der Waals surface area contributed by atoms with E-state index in [1.54, 1.807) is 0 Å². The van der Waals surface area contributed by atoms with Crippen molar-refractivity contribution in [2.24, 2.45) is 11.3 Å². The monoisotopic (exact) mass is 252 g/mol. The molecule has 1 saturated carbocycles. The predicted octanol–water partition coefficient (Wildman–Crippen LogP) is 3.28. The fourth-order valence-corrected chi connectivity index (χ4v) is 3.73. The molecule has 2 nitrogen and oxygen atoms in total. The summed E-state index contributed by atoms with van der Waals surface area (Å²) in [5.74, 6) is 0.775. The summed E-state index contributed by atoms with van der Waals surface area (Å²) < 4.78 is 0. The highest BCUT2D eigenvalue weighted by atomic mass is 15.1. The van der Waals surface area contributed by atoms with E-state index in [0.717, 1.165) is 5.92 Å². The minimum atomic E-state index is 0.595. The number of hydrogen-bond donors (Lipinski definition) is 1. The van der Waals surface area contributed by atoms with Gasteiger partial charge < -0.3 is 10.2 Å². The Bertz CT molecular complexity index is 225. The smallest absolute Gasteiger partial charge is 0.00501 e. The molecule has 0 aromatic rings. The summed E-state index contributed by atoms with van der Waals surface area (Å²) in [4.78, 5) is 2.72. The molecule has 2 rings (SSSR count). The summed E-state index contributed by atoms with van der Waals surface area (Å²) >= 11 is 0. The number of hydrogen-bond acceptors (Lipinski definition) is 2. The van der Waals surface area contributed by atoms with Crippen LogP contribution in [0.3, 0.4) is 0 Å². The van der Waals surface area contributed by atoms with Crippen LogP contribution >= 0.6 is 0 Å². The Balaban J connectivity index is 1.84. The van der Waals surface area contributed by atoms with Crippen molar-refractivity contribution >= 4 is 0 Å². The van der Waals surface area contributed by atoms with Gasteiger partial charge in [0.1, 0.15) is 0 Å². The van der Waals surface area contributed by atoms with Crippen LogP contribution in [0, 0.1) is 11.3 Å². The minimum absolute atomic E-state index is 0.595. The van der Waals surface area contributed by atoms with Crippen LogP contribution in [-0.2, 0) is 0 Å². The lowest BCUT2D eigenvalue weighted by Gasteiger charge is -2.40. The molecule has 1 heterocycles. The summed E-state index contributed by atoms with van der Waals surface area (Å²) in [6.07, 6.45) is 10.1. The standard InChI is InChI=1S/C16H32N2/c1-15(2)12-17-13-16(8-4-3-5-9-16)14-18-10-6-7-11-18/h15,17H,3-14H2,1-2H3. The number of nitrogens with zero attached hydrogens (tertiary/aromatic N) is 1. The van der Waals surface area contributed by atoms with Gasteiger partial charge in [-0.25, -0.2) is 0 Å². The minimum Gasteiger partial charge on any atom is -0.316 e. The lowest BCUT2D eigenvalue weighted by molar-refractivity contribution is 0.116. The highest BCUT2D eigenvalue weighted by Crippen LogP contribution is 2.37. The molecule has 2 heteroatoms. The number of nitrogens with one attached hydrogen (secondary N) is 1. The van der Waals surface area contributed by atoms with E-state index in [0.29, 0.717) is 5.41 Å². The molecular weight excluding hydrogens is 220 g/mol. The Hall–Kier alpha value is -0.0800. The summed E-state index contributed by atoms with van der Waals surface area (Å²) in [7, 11) is 0.